The number of halogens is 4. The summed E-state index contributed by atoms with van der Waals surface area (Å²) >= 11 is 0.932. The Hall–Kier alpha value is -3.19. The van der Waals surface area contributed by atoms with Crippen LogP contribution in [0.5, 0.6) is 0 Å². The summed E-state index contributed by atoms with van der Waals surface area (Å²) in [5, 5.41) is 11.8. The zero-order valence-electron chi connectivity index (χ0n) is 16.1. The van der Waals surface area contributed by atoms with Crippen LogP contribution < -0.4 is 10.3 Å². The van der Waals surface area contributed by atoms with E-state index in [1.54, 1.807) is 6.07 Å². The van der Waals surface area contributed by atoms with Crippen LogP contribution in [0.25, 0.3) is 26.6 Å². The van der Waals surface area contributed by atoms with Gasteiger partial charge in [-0.25, -0.2) is 14.4 Å². The van der Waals surface area contributed by atoms with Crippen molar-refractivity contribution in [1.82, 2.24) is 14.5 Å². The number of aromatic nitrogens is 4. The van der Waals surface area contributed by atoms with Crippen molar-refractivity contribution in [2.24, 2.45) is 0 Å². The van der Waals surface area contributed by atoms with Crippen molar-refractivity contribution in [1.29, 1.82) is 0 Å². The number of aryl methyl sites for hydroxylation is 1. The molecule has 3 aromatic heterocycles. The Morgan fingerprint density at radius 2 is 2.06 bits per heavy atom. The molecule has 0 N–H and O–H groups in total. The van der Waals surface area contributed by atoms with Crippen LogP contribution >= 0.6 is 11.3 Å². The first kappa shape index (κ1) is 22.0. The zero-order valence-corrected chi connectivity index (χ0v) is 17.7. The lowest BCUT2D eigenvalue weighted by Crippen LogP contribution is -2.23. The minimum atomic E-state index is -4.68. The van der Waals surface area contributed by atoms with Crippen LogP contribution in [0.3, 0.4) is 0 Å². The van der Waals surface area contributed by atoms with Gasteiger partial charge in [-0.3, -0.25) is 13.6 Å². The van der Waals surface area contributed by atoms with Crippen molar-refractivity contribution in [3.8, 4) is 16.3 Å². The molecular weight excluding hydrogens is 472 g/mol. The maximum atomic E-state index is 14.7. The first-order valence-electron chi connectivity index (χ1n) is 8.86. The molecule has 13 heteroatoms. The van der Waals surface area contributed by atoms with E-state index in [1.165, 1.54) is 25.4 Å². The van der Waals surface area contributed by atoms with E-state index < -0.39 is 34.1 Å². The molecule has 0 saturated heterocycles. The van der Waals surface area contributed by atoms with Gasteiger partial charge in [0.25, 0.3) is 5.56 Å². The molecule has 166 valence electrons. The highest BCUT2D eigenvalue weighted by Gasteiger charge is 2.32. The summed E-state index contributed by atoms with van der Waals surface area (Å²) in [7, 11) is -2.48. The fourth-order valence-corrected chi connectivity index (χ4v) is 5.04. The zero-order chi connectivity index (χ0) is 23.2. The average molecular weight is 484 g/mol. The molecule has 0 aliphatic rings. The van der Waals surface area contributed by atoms with Gasteiger partial charge in [-0.15, -0.1) is 11.3 Å². The Morgan fingerprint density at radius 3 is 2.75 bits per heavy atom. The minimum absolute atomic E-state index is 0.0572. The molecule has 0 saturated carbocycles. The first-order chi connectivity index (χ1) is 15.0. The van der Waals surface area contributed by atoms with Crippen LogP contribution in [0.1, 0.15) is 5.56 Å². The van der Waals surface area contributed by atoms with E-state index in [9.17, 15) is 31.8 Å². The quantitative estimate of drug-likeness (QED) is 0.252. The lowest BCUT2D eigenvalue weighted by molar-refractivity contribution is -0.604. The summed E-state index contributed by atoms with van der Waals surface area (Å²) < 4.78 is 66.3. The molecule has 0 aliphatic carbocycles. The second-order valence-electron chi connectivity index (χ2n) is 6.72. The van der Waals surface area contributed by atoms with E-state index in [4.69, 9.17) is 0 Å². The molecule has 1 unspecified atom stereocenters. The van der Waals surface area contributed by atoms with Gasteiger partial charge in [-0.2, -0.15) is 17.9 Å². The maximum Gasteiger partial charge on any atom is 0.400 e. The summed E-state index contributed by atoms with van der Waals surface area (Å²) in [6.45, 7) is 1.33. The molecular formula is C19H12F4N4O3S2. The molecule has 1 atom stereocenters. The molecule has 0 aliphatic heterocycles. The average Bonchev–Trinajstić information content (AvgIpc) is 3.13. The van der Waals surface area contributed by atoms with E-state index in [2.05, 4.69) is 9.97 Å². The van der Waals surface area contributed by atoms with Gasteiger partial charge in [-0.05, 0) is 30.7 Å². The van der Waals surface area contributed by atoms with Crippen molar-refractivity contribution in [3.05, 3.63) is 69.9 Å². The minimum Gasteiger partial charge on any atom is -0.619 e. The number of hydrogen-bond acceptors (Lipinski definition) is 6. The number of rotatable bonds is 4. The molecule has 4 rings (SSSR count). The third kappa shape index (κ3) is 4.25. The fraction of sp³-hybridized carbons (Fsp3) is 0.158. The number of alkyl halides is 3. The molecule has 3 heterocycles. The van der Waals surface area contributed by atoms with Gasteiger partial charge in [0.2, 0.25) is 0 Å². The van der Waals surface area contributed by atoms with Gasteiger partial charge in [-0.1, -0.05) is 0 Å². The second-order valence-corrected chi connectivity index (χ2v) is 9.14. The molecule has 0 bridgehead atoms. The molecule has 0 spiro atoms. The van der Waals surface area contributed by atoms with Gasteiger partial charge in [0.05, 0.1) is 22.1 Å². The van der Waals surface area contributed by atoms with E-state index in [-0.39, 0.29) is 26.5 Å². The third-order valence-corrected chi connectivity index (χ3v) is 6.99. The predicted molar refractivity (Wildman–Crippen MR) is 109 cm³/mol. The number of benzene rings is 1. The summed E-state index contributed by atoms with van der Waals surface area (Å²) in [4.78, 5) is 21.0. The van der Waals surface area contributed by atoms with Crippen molar-refractivity contribution in [2.75, 3.05) is 5.75 Å². The molecule has 0 amide bonds. The van der Waals surface area contributed by atoms with Crippen LogP contribution in [0, 0.1) is 17.9 Å². The Labute approximate surface area is 183 Å². The van der Waals surface area contributed by atoms with E-state index >= 15 is 0 Å². The number of pyridine rings is 1. The van der Waals surface area contributed by atoms with Gasteiger partial charge >= 0.3 is 6.18 Å². The van der Waals surface area contributed by atoms with Gasteiger partial charge in [0, 0.05) is 11.0 Å². The summed E-state index contributed by atoms with van der Waals surface area (Å²) in [6, 6.07) is 5.00. The molecule has 7 nitrogen and oxygen atoms in total. The Bertz CT molecular complexity index is 1430. The van der Waals surface area contributed by atoms with Crippen LogP contribution in [0.15, 0.2) is 52.7 Å². The fourth-order valence-electron chi connectivity index (χ4n) is 2.99. The molecule has 0 radical (unpaired) electrons. The van der Waals surface area contributed by atoms with Crippen molar-refractivity contribution < 1.29 is 26.5 Å². The number of fused-ring (bicyclic) bond motifs is 1. The summed E-state index contributed by atoms with van der Waals surface area (Å²) in [6.07, 6.45) is -1.14. The van der Waals surface area contributed by atoms with Crippen LogP contribution in [0.4, 0.5) is 17.6 Å². The lowest BCUT2D eigenvalue weighted by Gasteiger charge is -2.12. The largest absolute Gasteiger partial charge is 0.619 e. The van der Waals surface area contributed by atoms with Crippen LogP contribution in [-0.2, 0) is 10.8 Å². The van der Waals surface area contributed by atoms with Crippen LogP contribution in [0.2, 0.25) is 0 Å². The molecule has 4 aromatic rings. The highest BCUT2D eigenvalue weighted by atomic mass is 32.2. The molecule has 32 heavy (non-hydrogen) atoms. The van der Waals surface area contributed by atoms with Gasteiger partial charge in [0.15, 0.2) is 18.0 Å². The number of hydrogen-bond donors (Lipinski definition) is 0. The summed E-state index contributed by atoms with van der Waals surface area (Å²) in [5.74, 6) is -2.49. The molecule has 1 aromatic carbocycles. The number of thiazole rings is 1. The van der Waals surface area contributed by atoms with Gasteiger partial charge in [0.1, 0.15) is 27.6 Å². The predicted octanol–water partition coefficient (Wildman–Crippen LogP) is 3.26. The highest BCUT2D eigenvalue weighted by Crippen LogP contribution is 2.28. The maximum absolute atomic E-state index is 14.7. The Morgan fingerprint density at radius 1 is 1.31 bits per heavy atom. The lowest BCUT2D eigenvalue weighted by atomic mass is 10.2. The van der Waals surface area contributed by atoms with Crippen LogP contribution in [-0.4, -0.2) is 30.7 Å². The SMILES string of the molecule is Cc1cc(F)c(-n2cnc3nc(-c4ccc[n+]([O-])c4)sc3c2=O)cc1S(=O)CC(F)(F)F. The second kappa shape index (κ2) is 8.06. The van der Waals surface area contributed by atoms with E-state index in [0.717, 1.165) is 34.4 Å². The topological polar surface area (TPSA) is 91.8 Å². The van der Waals surface area contributed by atoms with Crippen molar-refractivity contribution in [3.63, 3.8) is 0 Å². The first-order valence-corrected chi connectivity index (χ1v) is 11.0. The van der Waals surface area contributed by atoms with Crippen molar-refractivity contribution >= 4 is 32.5 Å². The third-order valence-electron chi connectivity index (χ3n) is 4.38. The van der Waals surface area contributed by atoms with E-state index in [1.807, 2.05) is 0 Å². The number of nitrogens with zero attached hydrogens (tertiary/aromatic N) is 4. The molecule has 0 fully saturated rings. The standard InChI is InChI=1S/C19H12F4N4O3S2/c1-10-5-12(20)13(6-14(10)32(30)8-19(21,22)23)27-9-24-16-15(18(27)28)31-17(25-16)11-3-2-4-26(29)7-11/h2-7,9H,8H2,1H3. The Balaban J connectivity index is 1.83. The summed E-state index contributed by atoms with van der Waals surface area (Å²) in [5.41, 5.74) is -0.512. The van der Waals surface area contributed by atoms with E-state index in [0.29, 0.717) is 15.3 Å². The highest BCUT2D eigenvalue weighted by molar-refractivity contribution is 7.85. The van der Waals surface area contributed by atoms with Crippen molar-refractivity contribution in [2.45, 2.75) is 18.0 Å². The van der Waals surface area contributed by atoms with Gasteiger partial charge < -0.3 is 5.21 Å². The Kier molecular flexibility index (Phi) is 5.54. The normalized spacial score (nSPS) is 12.9. The monoisotopic (exact) mass is 484 g/mol. The smallest absolute Gasteiger partial charge is 0.400 e.